The van der Waals surface area contributed by atoms with Crippen molar-refractivity contribution in [3.63, 3.8) is 0 Å². The molecule has 0 aromatic heterocycles. The van der Waals surface area contributed by atoms with Crippen molar-refractivity contribution >= 4 is 31.6 Å². The van der Waals surface area contributed by atoms with Gasteiger partial charge in [0.2, 0.25) is 12.8 Å². The van der Waals surface area contributed by atoms with Crippen LogP contribution in [0, 0.1) is 39.7 Å². The van der Waals surface area contributed by atoms with E-state index in [-0.39, 0.29) is 43.1 Å². The smallest absolute Gasteiger partial charge is 0.269 e. The van der Waals surface area contributed by atoms with Crippen molar-refractivity contribution in [1.29, 1.82) is 0 Å². The van der Waals surface area contributed by atoms with Crippen molar-refractivity contribution in [1.82, 2.24) is 20.2 Å². The Morgan fingerprint density at radius 1 is 0.897 bits per heavy atom. The minimum atomic E-state index is -0.364. The molecule has 3 N–H and O–H groups in total. The van der Waals surface area contributed by atoms with Gasteiger partial charge in [0.1, 0.15) is 13.1 Å². The van der Waals surface area contributed by atoms with Crippen molar-refractivity contribution in [2.75, 3.05) is 48.4 Å². The lowest BCUT2D eigenvalue weighted by molar-refractivity contribution is -0.384. The van der Waals surface area contributed by atoms with Crippen LogP contribution in [0.25, 0.3) is 0 Å². The summed E-state index contributed by atoms with van der Waals surface area (Å²) in [5.74, 6) is 3.66. The Balaban J connectivity index is -0.000000120. The lowest BCUT2D eigenvalue weighted by Gasteiger charge is -2.35. The van der Waals surface area contributed by atoms with Gasteiger partial charge in [-0.25, -0.2) is 0 Å². The molecule has 1 saturated heterocycles. The first-order chi connectivity index (χ1) is 31.7. The van der Waals surface area contributed by atoms with E-state index in [1.54, 1.807) is 19.2 Å². The molecule has 14 heteroatoms. The molecule has 0 spiro atoms. The number of aldehydes is 1. The van der Waals surface area contributed by atoms with Gasteiger partial charge in [-0.15, -0.1) is 11.1 Å². The van der Waals surface area contributed by atoms with Crippen LogP contribution in [0.15, 0.2) is 36.9 Å². The number of carbonyl (C=O) groups is 4. The fourth-order valence-electron chi connectivity index (χ4n) is 7.47. The number of halogens is 1. The highest BCUT2D eigenvalue weighted by Gasteiger charge is 2.33. The van der Waals surface area contributed by atoms with Gasteiger partial charge >= 0.3 is 0 Å². The summed E-state index contributed by atoms with van der Waals surface area (Å²) < 4.78 is 16.4. The number of nitrogens with zero attached hydrogens (tertiary/aromatic N) is 4. The molecule has 1 heterocycles. The molecule has 1 aromatic carbocycles. The van der Waals surface area contributed by atoms with E-state index in [0.717, 1.165) is 80.7 Å². The van der Waals surface area contributed by atoms with Gasteiger partial charge in [-0.3, -0.25) is 19.7 Å². The van der Waals surface area contributed by atoms with Crippen molar-refractivity contribution in [3.8, 4) is 0 Å². The molecule has 2 amide bonds. The molecule has 13 nitrogen and oxygen atoms in total. The Morgan fingerprint density at radius 2 is 1.38 bits per heavy atom. The molecule has 0 saturated carbocycles. The molecule has 1 aliphatic rings. The zero-order valence-electron chi connectivity index (χ0n) is 46.7. The summed E-state index contributed by atoms with van der Waals surface area (Å²) in [6.07, 6.45) is 13.2. The van der Waals surface area contributed by atoms with Crippen LogP contribution in [0.4, 0.5) is 10.2 Å². The monoisotopic (exact) mass is 975 g/mol. The van der Waals surface area contributed by atoms with Gasteiger partial charge in [-0.2, -0.15) is 5.54 Å². The molecule has 406 valence electrons. The number of nitrogens with two attached hydrogens (primary N) is 1. The number of likely N-dealkylation sites (tertiary alicyclic amines) is 1. The van der Waals surface area contributed by atoms with E-state index >= 15 is 0 Å². The van der Waals surface area contributed by atoms with Crippen LogP contribution in [0.3, 0.4) is 0 Å². The molecule has 1 fully saturated rings. The Morgan fingerprint density at radius 3 is 1.63 bits per heavy atom. The molecule has 1 aliphatic heterocycles. The lowest BCUT2D eigenvalue weighted by atomic mass is 9.80. The molecule has 0 aliphatic carbocycles. The van der Waals surface area contributed by atoms with Gasteiger partial charge in [0.25, 0.3) is 5.69 Å². The van der Waals surface area contributed by atoms with Gasteiger partial charge < -0.3 is 34.8 Å². The number of ether oxygens (including phenoxy) is 1. The number of non-ortho nitro benzene ring substituents is 1. The molecule has 2 rings (SSSR count). The van der Waals surface area contributed by atoms with E-state index in [1.165, 1.54) is 30.9 Å². The predicted molar refractivity (Wildman–Crippen MR) is 292 cm³/mol. The van der Waals surface area contributed by atoms with E-state index < -0.39 is 0 Å². The first-order valence-corrected chi connectivity index (χ1v) is 24.9. The highest BCUT2D eigenvalue weighted by Crippen LogP contribution is 2.35. The summed E-state index contributed by atoms with van der Waals surface area (Å²) in [5, 5.41) is 10.9. The molecule has 0 radical (unpaired) electrons. The quantitative estimate of drug-likeness (QED) is 0.0375. The number of amides is 2. The molecule has 6 unspecified atom stereocenters. The Kier molecular flexibility index (Phi) is 69.1. The average molecular weight is 976 g/mol. The van der Waals surface area contributed by atoms with Gasteiger partial charge in [0.15, 0.2) is 0 Å². The van der Waals surface area contributed by atoms with Gasteiger partial charge in [0, 0.05) is 50.8 Å². The van der Waals surface area contributed by atoms with Crippen molar-refractivity contribution in [3.05, 3.63) is 52.6 Å². The van der Waals surface area contributed by atoms with Gasteiger partial charge in [-0.1, -0.05) is 148 Å². The second-order valence-corrected chi connectivity index (χ2v) is 17.2. The van der Waals surface area contributed by atoms with Crippen LogP contribution in [0.5, 0.6) is 0 Å². The zero-order valence-corrected chi connectivity index (χ0v) is 46.7. The van der Waals surface area contributed by atoms with Crippen molar-refractivity contribution in [2.24, 2.45) is 35.3 Å². The van der Waals surface area contributed by atoms with Crippen LogP contribution < -0.4 is 11.3 Å². The maximum absolute atomic E-state index is 11.3. The van der Waals surface area contributed by atoms with E-state index in [9.17, 15) is 24.2 Å². The summed E-state index contributed by atoms with van der Waals surface area (Å²) >= 11 is 0. The SMILES string of the molecule is C.C=CCNF.C=O.CC.CC.CC(C)C(C)N(C)C.CC(C)CC=O.CCC(C)C(C(CC)CC)N(C)C.CCCC(c1ccc([N+](=O)[O-])cc1)[C@@H](C)CC(OC)C1CCCN1C=O.NC=O. The summed E-state index contributed by atoms with van der Waals surface area (Å²) in [6.45, 7) is 38.7. The van der Waals surface area contributed by atoms with E-state index in [4.69, 9.17) is 14.3 Å². The number of nitro groups is 1. The third-order valence-corrected chi connectivity index (χ3v) is 11.6. The Bertz CT molecular complexity index is 1210. The average Bonchev–Trinajstić information content (AvgIpc) is 3.80. The van der Waals surface area contributed by atoms with Crippen LogP contribution in [0.1, 0.15) is 181 Å². The third-order valence-electron chi connectivity index (χ3n) is 11.6. The molecule has 68 heavy (non-hydrogen) atoms. The minimum Gasteiger partial charge on any atom is -0.379 e. The molecule has 1 aromatic rings. The maximum atomic E-state index is 11.3. The normalized spacial score (nSPS) is 14.6. The number of nitro benzene ring substituents is 1. The topological polar surface area (TPSA) is 168 Å². The second kappa shape index (κ2) is 57.7. The Labute approximate surface area is 419 Å². The van der Waals surface area contributed by atoms with Crippen molar-refractivity contribution in [2.45, 2.75) is 199 Å². The first-order valence-electron chi connectivity index (χ1n) is 24.9. The number of methoxy groups -OCH3 is 1. The summed E-state index contributed by atoms with van der Waals surface area (Å²) in [7, 11) is 10.4. The van der Waals surface area contributed by atoms with Crippen LogP contribution in [-0.2, 0) is 23.9 Å². The molecule has 7 atom stereocenters. The van der Waals surface area contributed by atoms with Crippen LogP contribution in [0.2, 0.25) is 0 Å². The minimum absolute atomic E-state index is 0. The first kappa shape index (κ1) is 81.4. The van der Waals surface area contributed by atoms with E-state index in [2.05, 4.69) is 113 Å². The number of benzene rings is 1. The highest BCUT2D eigenvalue weighted by atomic mass is 19.2. The fraction of sp³-hybridized carbons (Fsp3) is 0.778. The number of hydrogen-bond acceptors (Lipinski definition) is 10. The summed E-state index contributed by atoms with van der Waals surface area (Å²) in [5.41, 5.74) is 6.83. The van der Waals surface area contributed by atoms with Crippen LogP contribution >= 0.6 is 0 Å². The largest absolute Gasteiger partial charge is 0.379 e. The summed E-state index contributed by atoms with van der Waals surface area (Å²) in [6, 6.07) is 8.55. The van der Waals surface area contributed by atoms with Gasteiger partial charge in [0.05, 0.1) is 17.1 Å². The standard InChI is InChI=1S/C20H30N2O4.C12H27N.C7H17N.C5H10O.C3H6FN.2C2H6.CH3NO.CH2O.CH4/c1-4-6-18(16-8-10-17(11-9-16)22(24)25)15(2)13-20(26-3)19-7-5-12-21(19)14-23;1-7-10(4)12(13(5)6)11(8-2)9-3;1-6(2)7(3)8(4)5;1-5(2)3-4-6;1-2-3-5-4;2*1-2;2-1-3;1-2;/h8-11,14-15,18-20H,4-7,12-13H2,1-3H3;10-12H,7-9H2,1-6H3;6-7H,1-5H3;4-5H,3H2,1-2H3;2,5H,1,3H2;2*1-2H3;1H,(H2,2,3);1H2;1H4/t15-,18?,19?,20?;;;;;;;;;/m0........./s1. The Hall–Kier alpha value is -3.59. The molecular formula is C54H111FN6O7. The van der Waals surface area contributed by atoms with E-state index in [0.29, 0.717) is 30.2 Å². The lowest BCUT2D eigenvalue weighted by Crippen LogP contribution is -2.40. The van der Waals surface area contributed by atoms with Gasteiger partial charge in [-0.05, 0) is 102 Å². The van der Waals surface area contributed by atoms with Crippen molar-refractivity contribution < 1.29 is 33.3 Å². The fourth-order valence-corrected chi connectivity index (χ4v) is 7.47. The number of primary amides is 1. The number of hydrogen-bond donors (Lipinski definition) is 2. The highest BCUT2D eigenvalue weighted by molar-refractivity contribution is 5.49. The summed E-state index contributed by atoms with van der Waals surface area (Å²) in [4.78, 5) is 54.5. The predicted octanol–water partition coefficient (Wildman–Crippen LogP) is 12.6. The third kappa shape index (κ3) is 42.5. The number of carbonyl (C=O) groups excluding carboxylic acids is 4. The number of nitrogens with one attached hydrogen (secondary N) is 1. The van der Waals surface area contributed by atoms with Crippen LogP contribution in [-0.4, -0.2) is 118 Å². The van der Waals surface area contributed by atoms with E-state index in [1.807, 2.05) is 65.4 Å². The number of rotatable bonds is 22. The maximum Gasteiger partial charge on any atom is 0.269 e. The second-order valence-electron chi connectivity index (χ2n) is 17.2. The molecule has 0 bridgehead atoms. The molecular weight excluding hydrogens is 864 g/mol. The zero-order chi connectivity index (χ0) is 54.1.